The van der Waals surface area contributed by atoms with Crippen molar-refractivity contribution in [3.05, 3.63) is 49.2 Å². The first-order valence-electron chi connectivity index (χ1n) is 8.84. The van der Waals surface area contributed by atoms with Crippen molar-refractivity contribution in [2.24, 2.45) is 13.0 Å². The van der Waals surface area contributed by atoms with Crippen LogP contribution in [0.4, 0.5) is 0 Å². The minimum absolute atomic E-state index is 0.0196. The molecule has 0 bridgehead atoms. The number of benzene rings is 1. The number of hydrogen-bond donors (Lipinski definition) is 1. The summed E-state index contributed by atoms with van der Waals surface area (Å²) in [5, 5.41) is 7.01. The van der Waals surface area contributed by atoms with Crippen LogP contribution in [0, 0.1) is 5.92 Å². The van der Waals surface area contributed by atoms with Crippen LogP contribution in [0.25, 0.3) is 11.3 Å². The zero-order chi connectivity index (χ0) is 19.6. The Balaban J connectivity index is 1.74. The lowest BCUT2D eigenvalue weighted by Crippen LogP contribution is -2.51. The first kappa shape index (κ1) is 19.3. The summed E-state index contributed by atoms with van der Waals surface area (Å²) in [4.78, 5) is 11.8. The summed E-state index contributed by atoms with van der Waals surface area (Å²) in [6.07, 6.45) is 3.52. The molecule has 2 aromatic rings. The molecule has 0 aliphatic carbocycles. The zero-order valence-corrected chi connectivity index (χ0v) is 16.3. The summed E-state index contributed by atoms with van der Waals surface area (Å²) in [5.41, 5.74) is 1.83. The second-order valence-corrected chi connectivity index (χ2v) is 8.75. The molecule has 3 rings (SSSR count). The highest BCUT2D eigenvalue weighted by Crippen LogP contribution is 2.26. The van der Waals surface area contributed by atoms with Crippen molar-refractivity contribution in [2.45, 2.75) is 24.3 Å². The molecular weight excluding hydrogens is 364 g/mol. The van der Waals surface area contributed by atoms with Gasteiger partial charge in [-0.1, -0.05) is 25.6 Å². The largest absolute Gasteiger partial charge is 0.349 e. The Morgan fingerprint density at radius 3 is 2.56 bits per heavy atom. The van der Waals surface area contributed by atoms with E-state index in [0.29, 0.717) is 19.5 Å². The fourth-order valence-electron chi connectivity index (χ4n) is 3.39. The highest BCUT2D eigenvalue weighted by Gasteiger charge is 2.33. The summed E-state index contributed by atoms with van der Waals surface area (Å²) >= 11 is 0. The molecule has 2 atom stereocenters. The molecule has 1 fully saturated rings. The maximum atomic E-state index is 13.0. The molecule has 0 radical (unpaired) electrons. The van der Waals surface area contributed by atoms with Gasteiger partial charge in [-0.15, -0.1) is 0 Å². The number of piperidine rings is 1. The highest BCUT2D eigenvalue weighted by atomic mass is 32.2. The zero-order valence-electron chi connectivity index (χ0n) is 15.5. The molecular formula is C19H24N4O3S. The van der Waals surface area contributed by atoms with Crippen LogP contribution >= 0.6 is 0 Å². The fourth-order valence-corrected chi connectivity index (χ4v) is 4.94. The van der Waals surface area contributed by atoms with E-state index >= 15 is 0 Å². The molecule has 1 aromatic carbocycles. The Labute approximate surface area is 159 Å². The molecule has 0 saturated carbocycles. The molecule has 1 aliphatic heterocycles. The second-order valence-electron chi connectivity index (χ2n) is 6.81. The van der Waals surface area contributed by atoms with Crippen molar-refractivity contribution >= 4 is 15.9 Å². The standard InChI is InChI=1S/C19H24N4O3S/c1-4-19(24)21-17-10-12-23(13-14(17)2)27(25,26)16-7-5-15(6-8-16)18-9-11-20-22(18)3/h4-9,11,14,17H,1,10,12-13H2,2-3H3,(H,21,24). The molecule has 1 aromatic heterocycles. The molecule has 7 nitrogen and oxygen atoms in total. The number of hydrogen-bond acceptors (Lipinski definition) is 4. The highest BCUT2D eigenvalue weighted by molar-refractivity contribution is 7.89. The number of aryl methyl sites for hydroxylation is 1. The summed E-state index contributed by atoms with van der Waals surface area (Å²) in [6, 6.07) is 8.69. The predicted molar refractivity (Wildman–Crippen MR) is 103 cm³/mol. The Bertz CT molecular complexity index is 934. The normalized spacial score (nSPS) is 21.0. The van der Waals surface area contributed by atoms with Crippen molar-refractivity contribution in [1.82, 2.24) is 19.4 Å². The Morgan fingerprint density at radius 2 is 2.00 bits per heavy atom. The fraction of sp³-hybridized carbons (Fsp3) is 0.368. The number of carbonyl (C=O) groups excluding carboxylic acids is 1. The SMILES string of the molecule is C=CC(=O)NC1CCN(S(=O)(=O)c2ccc(-c3ccnn3C)cc2)CC1C. The molecule has 0 spiro atoms. The van der Waals surface area contributed by atoms with Crippen LogP contribution < -0.4 is 5.32 Å². The van der Waals surface area contributed by atoms with Gasteiger partial charge < -0.3 is 5.32 Å². The number of nitrogens with one attached hydrogen (secondary N) is 1. The van der Waals surface area contributed by atoms with Gasteiger partial charge in [0.15, 0.2) is 0 Å². The lowest BCUT2D eigenvalue weighted by Gasteiger charge is -2.36. The van der Waals surface area contributed by atoms with E-state index in [1.807, 2.05) is 20.0 Å². The van der Waals surface area contributed by atoms with E-state index in [4.69, 9.17) is 0 Å². The molecule has 1 aliphatic rings. The quantitative estimate of drug-likeness (QED) is 0.792. The molecule has 144 valence electrons. The third-order valence-corrected chi connectivity index (χ3v) is 6.87. The minimum atomic E-state index is -3.57. The van der Waals surface area contributed by atoms with Crippen LogP contribution in [0.2, 0.25) is 0 Å². The van der Waals surface area contributed by atoms with Gasteiger partial charge in [0.2, 0.25) is 15.9 Å². The lowest BCUT2D eigenvalue weighted by molar-refractivity contribution is -0.117. The summed E-state index contributed by atoms with van der Waals surface area (Å²) < 4.78 is 29.2. The molecule has 1 N–H and O–H groups in total. The van der Waals surface area contributed by atoms with Crippen LogP contribution in [-0.2, 0) is 21.9 Å². The smallest absolute Gasteiger partial charge is 0.243 e. The van der Waals surface area contributed by atoms with E-state index in [9.17, 15) is 13.2 Å². The Kier molecular flexibility index (Phi) is 5.48. The topological polar surface area (TPSA) is 84.3 Å². The van der Waals surface area contributed by atoms with Crippen LogP contribution in [0.15, 0.2) is 54.1 Å². The molecule has 1 amide bonds. The van der Waals surface area contributed by atoms with Crippen molar-refractivity contribution < 1.29 is 13.2 Å². The average molecular weight is 388 g/mol. The van der Waals surface area contributed by atoms with E-state index in [-0.39, 0.29) is 22.8 Å². The lowest BCUT2D eigenvalue weighted by atomic mass is 9.95. The van der Waals surface area contributed by atoms with E-state index in [0.717, 1.165) is 11.3 Å². The van der Waals surface area contributed by atoms with Crippen LogP contribution in [-0.4, -0.2) is 47.5 Å². The molecule has 2 unspecified atom stereocenters. The summed E-state index contributed by atoms with van der Waals surface area (Å²) in [5.74, 6) is -0.208. The predicted octanol–water partition coefficient (Wildman–Crippen LogP) is 1.79. The van der Waals surface area contributed by atoms with Gasteiger partial charge in [-0.25, -0.2) is 8.42 Å². The number of carbonyl (C=O) groups is 1. The van der Waals surface area contributed by atoms with Gasteiger partial charge >= 0.3 is 0 Å². The van der Waals surface area contributed by atoms with E-state index in [1.54, 1.807) is 35.1 Å². The molecule has 1 saturated heterocycles. The van der Waals surface area contributed by atoms with Gasteiger partial charge in [-0.05, 0) is 42.2 Å². The van der Waals surface area contributed by atoms with Gasteiger partial charge in [0, 0.05) is 32.4 Å². The third kappa shape index (κ3) is 3.96. The number of amides is 1. The minimum Gasteiger partial charge on any atom is -0.349 e. The first-order chi connectivity index (χ1) is 12.8. The second kappa shape index (κ2) is 7.66. The first-order valence-corrected chi connectivity index (χ1v) is 10.3. The van der Waals surface area contributed by atoms with Crippen molar-refractivity contribution in [2.75, 3.05) is 13.1 Å². The van der Waals surface area contributed by atoms with Crippen molar-refractivity contribution in [1.29, 1.82) is 0 Å². The van der Waals surface area contributed by atoms with Crippen LogP contribution in [0.5, 0.6) is 0 Å². The summed E-state index contributed by atoms with van der Waals surface area (Å²) in [6.45, 7) is 6.14. The molecule has 2 heterocycles. The number of sulfonamides is 1. The number of rotatable bonds is 5. The van der Waals surface area contributed by atoms with E-state index < -0.39 is 10.0 Å². The van der Waals surface area contributed by atoms with Gasteiger partial charge in [0.1, 0.15) is 0 Å². The van der Waals surface area contributed by atoms with Gasteiger partial charge in [-0.3, -0.25) is 9.48 Å². The van der Waals surface area contributed by atoms with Gasteiger partial charge in [0.25, 0.3) is 0 Å². The number of aromatic nitrogens is 2. The number of nitrogens with zero attached hydrogens (tertiary/aromatic N) is 3. The third-order valence-electron chi connectivity index (χ3n) is 4.99. The van der Waals surface area contributed by atoms with E-state index in [2.05, 4.69) is 17.0 Å². The van der Waals surface area contributed by atoms with Gasteiger partial charge in [0.05, 0.1) is 10.6 Å². The van der Waals surface area contributed by atoms with Gasteiger partial charge in [-0.2, -0.15) is 9.40 Å². The maximum absolute atomic E-state index is 13.0. The summed E-state index contributed by atoms with van der Waals surface area (Å²) in [7, 11) is -1.73. The van der Waals surface area contributed by atoms with Crippen LogP contribution in [0.1, 0.15) is 13.3 Å². The maximum Gasteiger partial charge on any atom is 0.243 e. The monoisotopic (exact) mass is 388 g/mol. The Hall–Kier alpha value is -2.45. The van der Waals surface area contributed by atoms with Crippen molar-refractivity contribution in [3.63, 3.8) is 0 Å². The molecule has 27 heavy (non-hydrogen) atoms. The van der Waals surface area contributed by atoms with E-state index in [1.165, 1.54) is 10.4 Å². The van der Waals surface area contributed by atoms with Crippen LogP contribution in [0.3, 0.4) is 0 Å². The Morgan fingerprint density at radius 1 is 1.30 bits per heavy atom. The molecule has 8 heteroatoms. The average Bonchev–Trinajstić information content (AvgIpc) is 3.09. The van der Waals surface area contributed by atoms with Crippen molar-refractivity contribution in [3.8, 4) is 11.3 Å².